The van der Waals surface area contributed by atoms with Crippen LogP contribution < -0.4 is 20.7 Å². The second-order valence-electron chi connectivity index (χ2n) is 7.96. The molecule has 4 rings (SSSR count). The van der Waals surface area contributed by atoms with Crippen molar-refractivity contribution in [2.45, 2.75) is 19.1 Å². The number of urea groups is 1. The number of carbonyl (C=O) groups excluding carboxylic acids is 2. The fourth-order valence-electron chi connectivity index (χ4n) is 3.59. The first kappa shape index (κ1) is 23.2. The number of rotatable bonds is 7. The number of alkyl carbamates (subject to hydrolysis) is 1. The van der Waals surface area contributed by atoms with Crippen LogP contribution in [-0.4, -0.2) is 57.2 Å². The number of nitrogens with one attached hydrogen (secondary N) is 3. The average molecular weight is 469 g/mol. The number of hydrogen-bond acceptors (Lipinski definition) is 7. The van der Waals surface area contributed by atoms with Gasteiger partial charge >= 0.3 is 12.1 Å². The standard InChI is InChI=1S/C24H28N4O6/c1-28-13-22(33-15-28)20-7-6-18(11-21(20)31-2)27-23(29)26-17-5-3-4-16(10-17)12-25-24(30)34-19-8-9-32-14-19/h3-7,10-11,13,19H,8-9,12,14-15H2,1-2H3,(H,25,30)(H2,26,27,29)/t19-/m0/s1. The van der Waals surface area contributed by atoms with Gasteiger partial charge in [-0.15, -0.1) is 0 Å². The minimum atomic E-state index is -0.491. The molecule has 180 valence electrons. The largest absolute Gasteiger partial charge is 0.496 e. The van der Waals surface area contributed by atoms with Crippen LogP contribution in [0.25, 0.3) is 5.76 Å². The topological polar surface area (TPSA) is 110 Å². The van der Waals surface area contributed by atoms with Crippen LogP contribution in [0.1, 0.15) is 17.5 Å². The molecule has 34 heavy (non-hydrogen) atoms. The van der Waals surface area contributed by atoms with Crippen molar-refractivity contribution in [3.63, 3.8) is 0 Å². The molecule has 0 saturated carbocycles. The summed E-state index contributed by atoms with van der Waals surface area (Å²) in [5, 5.41) is 8.31. The summed E-state index contributed by atoms with van der Waals surface area (Å²) >= 11 is 0. The Morgan fingerprint density at radius 1 is 1.15 bits per heavy atom. The van der Waals surface area contributed by atoms with Gasteiger partial charge in [-0.2, -0.15) is 0 Å². The minimum absolute atomic E-state index is 0.201. The third-order valence-electron chi connectivity index (χ3n) is 5.27. The summed E-state index contributed by atoms with van der Waals surface area (Å²) in [6.45, 7) is 1.79. The Kier molecular flexibility index (Phi) is 7.38. The predicted molar refractivity (Wildman–Crippen MR) is 126 cm³/mol. The van der Waals surface area contributed by atoms with Gasteiger partial charge in [-0.1, -0.05) is 12.1 Å². The maximum Gasteiger partial charge on any atom is 0.407 e. The van der Waals surface area contributed by atoms with Crippen LogP contribution in [0.15, 0.2) is 48.7 Å². The van der Waals surface area contributed by atoms with E-state index >= 15 is 0 Å². The lowest BCUT2D eigenvalue weighted by Crippen LogP contribution is -2.28. The highest BCUT2D eigenvalue weighted by Crippen LogP contribution is 2.32. The van der Waals surface area contributed by atoms with Crippen molar-refractivity contribution in [2.24, 2.45) is 0 Å². The van der Waals surface area contributed by atoms with Crippen molar-refractivity contribution >= 4 is 29.3 Å². The Hall–Kier alpha value is -3.92. The van der Waals surface area contributed by atoms with E-state index in [1.165, 1.54) is 0 Å². The second-order valence-corrected chi connectivity index (χ2v) is 7.96. The van der Waals surface area contributed by atoms with Crippen molar-refractivity contribution in [1.82, 2.24) is 10.2 Å². The zero-order valence-electron chi connectivity index (χ0n) is 19.1. The number of benzene rings is 2. The Bertz CT molecular complexity index is 1070. The molecule has 2 aromatic rings. The number of ether oxygens (including phenoxy) is 4. The van der Waals surface area contributed by atoms with Crippen molar-refractivity contribution in [3.05, 3.63) is 59.8 Å². The van der Waals surface area contributed by atoms with E-state index in [9.17, 15) is 9.59 Å². The van der Waals surface area contributed by atoms with Gasteiger partial charge in [0.25, 0.3) is 0 Å². The summed E-state index contributed by atoms with van der Waals surface area (Å²) in [5.41, 5.74) is 2.78. The number of anilines is 2. The zero-order valence-corrected chi connectivity index (χ0v) is 19.1. The van der Waals surface area contributed by atoms with Gasteiger partial charge in [0, 0.05) is 43.7 Å². The summed E-state index contributed by atoms with van der Waals surface area (Å²) in [5.74, 6) is 1.30. The second kappa shape index (κ2) is 10.8. The fraction of sp³-hybridized carbons (Fsp3) is 0.333. The summed E-state index contributed by atoms with van der Waals surface area (Å²) in [4.78, 5) is 26.4. The molecule has 1 atom stereocenters. The van der Waals surface area contributed by atoms with E-state index in [2.05, 4.69) is 16.0 Å². The third kappa shape index (κ3) is 6.10. The van der Waals surface area contributed by atoms with E-state index in [1.54, 1.807) is 37.4 Å². The molecule has 0 radical (unpaired) electrons. The molecular weight excluding hydrogens is 440 g/mol. The molecule has 3 amide bonds. The lowest BCUT2D eigenvalue weighted by Gasteiger charge is -2.13. The van der Waals surface area contributed by atoms with E-state index in [4.69, 9.17) is 18.9 Å². The van der Waals surface area contributed by atoms with Crippen LogP contribution in [0.2, 0.25) is 0 Å². The highest BCUT2D eigenvalue weighted by atomic mass is 16.6. The summed E-state index contributed by atoms with van der Waals surface area (Å²) in [7, 11) is 3.49. The molecule has 2 aliphatic heterocycles. The summed E-state index contributed by atoms with van der Waals surface area (Å²) < 4.78 is 21.6. The first-order valence-corrected chi connectivity index (χ1v) is 10.9. The van der Waals surface area contributed by atoms with E-state index in [0.717, 1.165) is 11.1 Å². The quantitative estimate of drug-likeness (QED) is 0.570. The molecule has 0 aliphatic carbocycles. The van der Waals surface area contributed by atoms with Crippen LogP contribution in [0.3, 0.4) is 0 Å². The SMILES string of the molecule is COc1cc(NC(=O)Nc2cccc(CNC(=O)O[C@H]3CCOC3)c2)ccc1C1=CN(C)CO1. The monoisotopic (exact) mass is 468 g/mol. The van der Waals surface area contributed by atoms with Gasteiger partial charge in [0.15, 0.2) is 6.73 Å². The van der Waals surface area contributed by atoms with E-state index in [0.29, 0.717) is 49.2 Å². The van der Waals surface area contributed by atoms with Crippen LogP contribution in [0.5, 0.6) is 5.75 Å². The normalized spacial score (nSPS) is 16.9. The number of carbonyl (C=O) groups is 2. The number of nitrogens with zero attached hydrogens (tertiary/aromatic N) is 1. The Morgan fingerprint density at radius 2 is 1.97 bits per heavy atom. The fourth-order valence-corrected chi connectivity index (χ4v) is 3.59. The average Bonchev–Trinajstić information content (AvgIpc) is 3.49. The lowest BCUT2D eigenvalue weighted by atomic mass is 10.1. The predicted octanol–water partition coefficient (Wildman–Crippen LogP) is 3.57. The van der Waals surface area contributed by atoms with Crippen LogP contribution in [0, 0.1) is 0 Å². The molecule has 2 heterocycles. The van der Waals surface area contributed by atoms with Crippen molar-refractivity contribution < 1.29 is 28.5 Å². The molecule has 2 aromatic carbocycles. The van der Waals surface area contributed by atoms with Crippen molar-refractivity contribution in [1.29, 1.82) is 0 Å². The number of hydrogen-bond donors (Lipinski definition) is 3. The Labute approximate surface area is 197 Å². The number of methoxy groups -OCH3 is 1. The highest BCUT2D eigenvalue weighted by molar-refractivity contribution is 6.00. The van der Waals surface area contributed by atoms with Crippen LogP contribution in [-0.2, 0) is 20.8 Å². The molecule has 0 aromatic heterocycles. The Morgan fingerprint density at radius 3 is 2.68 bits per heavy atom. The molecule has 2 aliphatic rings. The smallest absolute Gasteiger partial charge is 0.407 e. The van der Waals surface area contributed by atoms with E-state index in [-0.39, 0.29) is 12.6 Å². The summed E-state index contributed by atoms with van der Waals surface area (Å²) in [6, 6.07) is 12.1. The number of amides is 3. The van der Waals surface area contributed by atoms with Gasteiger partial charge in [-0.25, -0.2) is 9.59 Å². The van der Waals surface area contributed by atoms with Gasteiger partial charge in [0.1, 0.15) is 17.6 Å². The van der Waals surface area contributed by atoms with Gasteiger partial charge in [-0.05, 0) is 29.8 Å². The molecule has 0 unspecified atom stereocenters. The van der Waals surface area contributed by atoms with Gasteiger partial charge in [-0.3, -0.25) is 0 Å². The third-order valence-corrected chi connectivity index (χ3v) is 5.27. The highest BCUT2D eigenvalue weighted by Gasteiger charge is 2.20. The van der Waals surface area contributed by atoms with E-state index < -0.39 is 12.1 Å². The molecule has 1 fully saturated rings. The molecule has 3 N–H and O–H groups in total. The molecule has 0 bridgehead atoms. The van der Waals surface area contributed by atoms with Crippen LogP contribution >= 0.6 is 0 Å². The van der Waals surface area contributed by atoms with Crippen molar-refractivity contribution in [2.75, 3.05) is 44.7 Å². The van der Waals surface area contributed by atoms with Crippen molar-refractivity contribution in [3.8, 4) is 5.75 Å². The van der Waals surface area contributed by atoms with E-state index in [1.807, 2.05) is 30.3 Å². The maximum atomic E-state index is 12.5. The molecule has 0 spiro atoms. The zero-order chi connectivity index (χ0) is 23.9. The summed E-state index contributed by atoms with van der Waals surface area (Å²) in [6.07, 6.45) is 1.91. The Balaban J connectivity index is 1.31. The minimum Gasteiger partial charge on any atom is -0.496 e. The molecule has 10 heteroatoms. The molecular formula is C24H28N4O6. The molecule has 10 nitrogen and oxygen atoms in total. The maximum absolute atomic E-state index is 12.5. The van der Waals surface area contributed by atoms with Crippen LogP contribution in [0.4, 0.5) is 21.0 Å². The molecule has 1 saturated heterocycles. The van der Waals surface area contributed by atoms with Gasteiger partial charge < -0.3 is 39.8 Å². The first-order valence-electron chi connectivity index (χ1n) is 10.9. The van der Waals surface area contributed by atoms with Gasteiger partial charge in [0.2, 0.25) is 0 Å². The van der Waals surface area contributed by atoms with Gasteiger partial charge in [0.05, 0.1) is 25.9 Å². The first-order chi connectivity index (χ1) is 16.5. The lowest BCUT2D eigenvalue weighted by molar-refractivity contribution is 0.0828.